The fourth-order valence-corrected chi connectivity index (χ4v) is 2.68. The van der Waals surface area contributed by atoms with E-state index in [9.17, 15) is 9.59 Å². The number of carbonyl (C=O) groups excluding carboxylic acids is 2. The first kappa shape index (κ1) is 16.5. The molecule has 2 atom stereocenters. The van der Waals surface area contributed by atoms with Gasteiger partial charge in [-0.05, 0) is 30.7 Å². The fraction of sp³-hybridized carbons (Fsp3) is 0.571. The summed E-state index contributed by atoms with van der Waals surface area (Å²) in [6.45, 7) is 4.36. The Hall–Kier alpha value is -1.56. The smallest absolute Gasteiger partial charge is 0.315 e. The van der Waals surface area contributed by atoms with Crippen molar-refractivity contribution in [2.75, 3.05) is 20.6 Å². The molecule has 0 spiro atoms. The summed E-state index contributed by atoms with van der Waals surface area (Å²) in [5.41, 5.74) is 0. The molecule has 1 heterocycles. The fourth-order valence-electron chi connectivity index (χ4n) is 1.81. The zero-order valence-corrected chi connectivity index (χ0v) is 13.3. The standard InChI is InChI=1S/C14H23N3O2S/c1-10(8-12-6-5-7-20-12)9-15-14(19)16-11(2)13(18)17(3)4/h5-7,10-11H,8-9H2,1-4H3,(H2,15,16,19)/t10?,11-/m0/s1. The van der Waals surface area contributed by atoms with E-state index >= 15 is 0 Å². The molecule has 0 aliphatic rings. The summed E-state index contributed by atoms with van der Waals surface area (Å²) in [4.78, 5) is 26.1. The van der Waals surface area contributed by atoms with Crippen LogP contribution in [0.4, 0.5) is 4.79 Å². The van der Waals surface area contributed by atoms with Crippen molar-refractivity contribution in [2.24, 2.45) is 5.92 Å². The van der Waals surface area contributed by atoms with E-state index in [0.29, 0.717) is 12.5 Å². The number of hydrogen-bond donors (Lipinski definition) is 2. The topological polar surface area (TPSA) is 61.4 Å². The number of nitrogens with zero attached hydrogens (tertiary/aromatic N) is 1. The van der Waals surface area contributed by atoms with Crippen molar-refractivity contribution in [3.05, 3.63) is 22.4 Å². The number of thiophene rings is 1. The molecule has 3 amide bonds. The van der Waals surface area contributed by atoms with Crippen LogP contribution in [0.3, 0.4) is 0 Å². The number of hydrogen-bond acceptors (Lipinski definition) is 3. The van der Waals surface area contributed by atoms with Crippen LogP contribution in [-0.4, -0.2) is 43.5 Å². The first-order chi connectivity index (χ1) is 9.40. The molecule has 112 valence electrons. The number of carbonyl (C=O) groups is 2. The maximum Gasteiger partial charge on any atom is 0.315 e. The Balaban J connectivity index is 2.27. The second-order valence-electron chi connectivity index (χ2n) is 5.20. The molecule has 1 unspecified atom stereocenters. The summed E-state index contributed by atoms with van der Waals surface area (Å²) in [7, 11) is 3.34. The average molecular weight is 297 g/mol. The Kier molecular flexibility index (Phi) is 6.51. The minimum atomic E-state index is -0.516. The maximum absolute atomic E-state index is 11.7. The third kappa shape index (κ3) is 5.61. The van der Waals surface area contributed by atoms with Crippen molar-refractivity contribution in [2.45, 2.75) is 26.3 Å². The minimum Gasteiger partial charge on any atom is -0.347 e. The van der Waals surface area contributed by atoms with Gasteiger partial charge < -0.3 is 15.5 Å². The molecular weight excluding hydrogens is 274 g/mol. The van der Waals surface area contributed by atoms with Crippen LogP contribution in [0.5, 0.6) is 0 Å². The normalized spacial score (nSPS) is 13.4. The van der Waals surface area contributed by atoms with E-state index in [-0.39, 0.29) is 11.9 Å². The van der Waals surface area contributed by atoms with E-state index < -0.39 is 6.04 Å². The molecule has 2 N–H and O–H groups in total. The molecule has 0 saturated heterocycles. The molecule has 1 aromatic rings. The number of likely N-dealkylation sites (N-methyl/N-ethyl adjacent to an activating group) is 1. The molecule has 0 aromatic carbocycles. The zero-order chi connectivity index (χ0) is 15.1. The van der Waals surface area contributed by atoms with E-state index in [1.165, 1.54) is 9.78 Å². The lowest BCUT2D eigenvalue weighted by Crippen LogP contribution is -2.48. The summed E-state index contributed by atoms with van der Waals surface area (Å²) < 4.78 is 0. The first-order valence-corrected chi connectivity index (χ1v) is 7.56. The van der Waals surface area contributed by atoms with Crippen LogP contribution in [0.25, 0.3) is 0 Å². The van der Waals surface area contributed by atoms with Gasteiger partial charge in [0.05, 0.1) is 0 Å². The molecule has 0 fully saturated rings. The van der Waals surface area contributed by atoms with Crippen LogP contribution in [0.15, 0.2) is 17.5 Å². The Labute approximate surface area is 124 Å². The molecule has 0 aliphatic carbocycles. The average Bonchev–Trinajstić information content (AvgIpc) is 2.88. The van der Waals surface area contributed by atoms with Gasteiger partial charge in [0.25, 0.3) is 0 Å². The molecule has 0 radical (unpaired) electrons. The second kappa shape index (κ2) is 7.89. The van der Waals surface area contributed by atoms with Gasteiger partial charge >= 0.3 is 6.03 Å². The number of rotatable bonds is 6. The lowest BCUT2D eigenvalue weighted by molar-refractivity contribution is -0.130. The van der Waals surface area contributed by atoms with Crippen molar-refractivity contribution in [1.82, 2.24) is 15.5 Å². The van der Waals surface area contributed by atoms with Crippen LogP contribution < -0.4 is 10.6 Å². The molecule has 6 heteroatoms. The van der Waals surface area contributed by atoms with E-state index in [2.05, 4.69) is 29.0 Å². The third-order valence-corrected chi connectivity index (χ3v) is 3.80. The van der Waals surface area contributed by atoms with E-state index in [4.69, 9.17) is 0 Å². The van der Waals surface area contributed by atoms with E-state index in [1.807, 2.05) is 6.07 Å². The first-order valence-electron chi connectivity index (χ1n) is 6.68. The van der Waals surface area contributed by atoms with Gasteiger partial charge in [-0.3, -0.25) is 4.79 Å². The molecular formula is C14H23N3O2S. The predicted molar refractivity (Wildman–Crippen MR) is 81.9 cm³/mol. The van der Waals surface area contributed by atoms with Crippen molar-refractivity contribution in [3.63, 3.8) is 0 Å². The van der Waals surface area contributed by atoms with Gasteiger partial charge in [-0.25, -0.2) is 4.79 Å². The molecule has 20 heavy (non-hydrogen) atoms. The summed E-state index contributed by atoms with van der Waals surface area (Å²) in [5, 5.41) is 7.49. The summed E-state index contributed by atoms with van der Waals surface area (Å²) in [6, 6.07) is 3.31. The SMILES string of the molecule is CC(CNC(=O)N[C@@H](C)C(=O)N(C)C)Cc1cccs1. The second-order valence-corrected chi connectivity index (χ2v) is 6.23. The Bertz CT molecular complexity index is 432. The predicted octanol–water partition coefficient (Wildman–Crippen LogP) is 1.70. The van der Waals surface area contributed by atoms with E-state index in [0.717, 1.165) is 6.42 Å². The van der Waals surface area contributed by atoms with Gasteiger partial charge in [-0.1, -0.05) is 13.0 Å². The minimum absolute atomic E-state index is 0.119. The van der Waals surface area contributed by atoms with Gasteiger partial charge in [0.15, 0.2) is 0 Å². The van der Waals surface area contributed by atoms with Crippen molar-refractivity contribution in [3.8, 4) is 0 Å². The van der Waals surface area contributed by atoms with Gasteiger partial charge in [-0.2, -0.15) is 0 Å². The van der Waals surface area contributed by atoms with Crippen LogP contribution in [0.2, 0.25) is 0 Å². The van der Waals surface area contributed by atoms with Gasteiger partial charge in [0.2, 0.25) is 5.91 Å². The van der Waals surface area contributed by atoms with Crippen LogP contribution in [0.1, 0.15) is 18.7 Å². The quantitative estimate of drug-likeness (QED) is 0.839. The van der Waals surface area contributed by atoms with Gasteiger partial charge in [-0.15, -0.1) is 11.3 Å². The molecule has 0 bridgehead atoms. The molecule has 0 aliphatic heterocycles. The summed E-state index contributed by atoms with van der Waals surface area (Å²) in [5.74, 6) is 0.242. The molecule has 5 nitrogen and oxygen atoms in total. The Morgan fingerprint density at radius 3 is 2.60 bits per heavy atom. The lowest BCUT2D eigenvalue weighted by Gasteiger charge is -2.19. The van der Waals surface area contributed by atoms with Crippen LogP contribution in [-0.2, 0) is 11.2 Å². The van der Waals surface area contributed by atoms with Gasteiger partial charge in [0, 0.05) is 25.5 Å². The lowest BCUT2D eigenvalue weighted by atomic mass is 10.1. The van der Waals surface area contributed by atoms with Crippen LogP contribution >= 0.6 is 11.3 Å². The highest BCUT2D eigenvalue weighted by molar-refractivity contribution is 7.09. The zero-order valence-electron chi connectivity index (χ0n) is 12.5. The summed E-state index contributed by atoms with van der Waals surface area (Å²) >= 11 is 1.72. The largest absolute Gasteiger partial charge is 0.347 e. The Morgan fingerprint density at radius 2 is 2.05 bits per heavy atom. The third-order valence-electron chi connectivity index (χ3n) is 2.90. The Morgan fingerprint density at radius 1 is 1.35 bits per heavy atom. The highest BCUT2D eigenvalue weighted by Crippen LogP contribution is 2.13. The van der Waals surface area contributed by atoms with Crippen molar-refractivity contribution < 1.29 is 9.59 Å². The highest BCUT2D eigenvalue weighted by Gasteiger charge is 2.17. The van der Waals surface area contributed by atoms with Crippen molar-refractivity contribution in [1.29, 1.82) is 0 Å². The molecule has 1 rings (SSSR count). The maximum atomic E-state index is 11.7. The monoisotopic (exact) mass is 297 g/mol. The van der Waals surface area contributed by atoms with E-state index in [1.54, 1.807) is 32.4 Å². The molecule has 0 saturated carbocycles. The number of nitrogens with one attached hydrogen (secondary N) is 2. The molecule has 1 aromatic heterocycles. The number of urea groups is 1. The highest BCUT2D eigenvalue weighted by atomic mass is 32.1. The van der Waals surface area contributed by atoms with Crippen molar-refractivity contribution >= 4 is 23.3 Å². The van der Waals surface area contributed by atoms with Crippen LogP contribution in [0, 0.1) is 5.92 Å². The number of amides is 3. The summed E-state index contributed by atoms with van der Waals surface area (Å²) in [6.07, 6.45) is 0.949. The van der Waals surface area contributed by atoms with Gasteiger partial charge in [0.1, 0.15) is 6.04 Å².